The number of aromatic amines is 1. The van der Waals surface area contributed by atoms with Crippen LogP contribution in [0.5, 0.6) is 5.75 Å². The molecule has 3 rings (SSSR count). The molecule has 0 fully saturated rings. The highest BCUT2D eigenvalue weighted by Gasteiger charge is 2.33. The first-order valence-electron chi connectivity index (χ1n) is 12.4. The number of nitrogens with two attached hydrogens (primary N) is 2. The second kappa shape index (κ2) is 13.3. The number of hydrazine groups is 1. The largest absolute Gasteiger partial charge is 0.494 e. The highest BCUT2D eigenvalue weighted by Crippen LogP contribution is 2.39. The van der Waals surface area contributed by atoms with Crippen molar-refractivity contribution in [2.24, 2.45) is 11.6 Å². The van der Waals surface area contributed by atoms with Gasteiger partial charge in [0.15, 0.2) is 0 Å². The highest BCUT2D eigenvalue weighted by molar-refractivity contribution is 6.33. The molecule has 222 valence electrons. The average Bonchev–Trinajstić information content (AvgIpc) is 3.32. The number of H-pyrrole nitrogens is 1. The Morgan fingerprint density at radius 3 is 2.49 bits per heavy atom. The summed E-state index contributed by atoms with van der Waals surface area (Å²) in [5.41, 5.74) is 7.36. The monoisotopic (exact) mass is 594 g/mol. The third-order valence-corrected chi connectivity index (χ3v) is 6.54. The number of carbonyl (C=O) groups excluding carboxylic acids is 1. The van der Waals surface area contributed by atoms with E-state index >= 15 is 0 Å². The van der Waals surface area contributed by atoms with Crippen molar-refractivity contribution < 1.29 is 22.7 Å². The topological polar surface area (TPSA) is 129 Å². The van der Waals surface area contributed by atoms with Crippen molar-refractivity contribution in [2.75, 3.05) is 51.7 Å². The van der Waals surface area contributed by atoms with Crippen LogP contribution in [-0.4, -0.2) is 67.2 Å². The zero-order chi connectivity index (χ0) is 30.5. The number of carbonyl (C=O) groups is 1. The van der Waals surface area contributed by atoms with Gasteiger partial charge in [-0.1, -0.05) is 11.6 Å². The number of hydrogen-bond donors (Lipinski definition) is 4. The first-order valence-corrected chi connectivity index (χ1v) is 12.8. The van der Waals surface area contributed by atoms with E-state index in [0.717, 1.165) is 22.8 Å². The number of methoxy groups -OCH3 is 1. The van der Waals surface area contributed by atoms with Crippen molar-refractivity contribution >= 4 is 34.6 Å². The van der Waals surface area contributed by atoms with Crippen LogP contribution in [0.15, 0.2) is 42.7 Å². The predicted octanol–water partition coefficient (Wildman–Crippen LogP) is 4.28. The molecule has 1 heterocycles. The number of aromatic nitrogens is 2. The first-order chi connectivity index (χ1) is 19.2. The van der Waals surface area contributed by atoms with Gasteiger partial charge in [-0.25, -0.2) is 5.84 Å². The summed E-state index contributed by atoms with van der Waals surface area (Å²) in [6, 6.07) is 6.17. The number of benzene rings is 2. The number of nitrogens with one attached hydrogen (secondary N) is 2. The van der Waals surface area contributed by atoms with Gasteiger partial charge in [-0.05, 0) is 58.4 Å². The molecule has 0 atom stereocenters. The summed E-state index contributed by atoms with van der Waals surface area (Å²) in [6.07, 6.45) is -1.69. The summed E-state index contributed by atoms with van der Waals surface area (Å²) >= 11 is 6.33. The molecular weight excluding hydrogens is 561 g/mol. The van der Waals surface area contributed by atoms with Crippen LogP contribution in [0.3, 0.4) is 0 Å². The van der Waals surface area contributed by atoms with E-state index < -0.39 is 17.6 Å². The number of aryl methyl sites for hydroxylation is 1. The van der Waals surface area contributed by atoms with Crippen molar-refractivity contribution in [1.82, 2.24) is 20.0 Å². The van der Waals surface area contributed by atoms with Gasteiger partial charge in [0.05, 0.1) is 41.0 Å². The Morgan fingerprint density at radius 2 is 1.90 bits per heavy atom. The number of ether oxygens (including phenoxy) is 1. The van der Waals surface area contributed by atoms with Crippen LogP contribution in [0.2, 0.25) is 5.02 Å². The lowest BCUT2D eigenvalue weighted by atomic mass is 10.1. The van der Waals surface area contributed by atoms with Crippen LogP contribution in [0, 0.1) is 6.92 Å². The van der Waals surface area contributed by atoms with E-state index in [2.05, 4.69) is 15.5 Å². The molecule has 0 radical (unpaired) electrons. The van der Waals surface area contributed by atoms with Crippen LogP contribution < -0.4 is 26.6 Å². The summed E-state index contributed by atoms with van der Waals surface area (Å²) in [4.78, 5) is 17.1. The maximum absolute atomic E-state index is 13.8. The fourth-order valence-electron chi connectivity index (χ4n) is 4.02. The van der Waals surface area contributed by atoms with E-state index in [-0.39, 0.29) is 39.8 Å². The Kier molecular flexibility index (Phi) is 10.3. The van der Waals surface area contributed by atoms with Crippen molar-refractivity contribution in [2.45, 2.75) is 19.6 Å². The van der Waals surface area contributed by atoms with Gasteiger partial charge < -0.3 is 25.6 Å². The number of amides is 1. The molecule has 0 aliphatic rings. The van der Waals surface area contributed by atoms with E-state index in [1.807, 2.05) is 23.9 Å². The van der Waals surface area contributed by atoms with E-state index in [1.54, 1.807) is 14.0 Å². The molecule has 0 aliphatic carbocycles. The van der Waals surface area contributed by atoms with Gasteiger partial charge >= 0.3 is 6.18 Å². The van der Waals surface area contributed by atoms with Crippen LogP contribution in [0.1, 0.15) is 32.7 Å². The lowest BCUT2D eigenvalue weighted by Crippen LogP contribution is -2.28. The summed E-state index contributed by atoms with van der Waals surface area (Å²) in [5, 5.41) is 10.6. The molecule has 0 saturated heterocycles. The SMILES string of the molecule is COc1c(CN(C)CCN(C)C)cc(C(F)(F)F)cc1NC(=O)c1ccc(Cl)c(N(N)/C=C(\N)c2cn[nH]c2C)c1. The maximum Gasteiger partial charge on any atom is 0.416 e. The first kappa shape index (κ1) is 31.7. The van der Waals surface area contributed by atoms with Crippen molar-refractivity contribution in [3.8, 4) is 5.75 Å². The number of halogens is 4. The summed E-state index contributed by atoms with van der Waals surface area (Å²) in [6.45, 7) is 3.27. The van der Waals surface area contributed by atoms with E-state index in [0.29, 0.717) is 24.4 Å². The molecule has 41 heavy (non-hydrogen) atoms. The van der Waals surface area contributed by atoms with Crippen LogP contribution in [0.25, 0.3) is 5.70 Å². The molecule has 2 aromatic carbocycles. The fourth-order valence-corrected chi connectivity index (χ4v) is 4.24. The van der Waals surface area contributed by atoms with Crippen molar-refractivity contribution in [1.29, 1.82) is 0 Å². The molecule has 14 heteroatoms. The Hall–Kier alpha value is -3.78. The second-order valence-corrected chi connectivity index (χ2v) is 10.2. The van der Waals surface area contributed by atoms with E-state index in [9.17, 15) is 18.0 Å². The van der Waals surface area contributed by atoms with E-state index in [4.69, 9.17) is 27.9 Å². The Morgan fingerprint density at radius 1 is 1.20 bits per heavy atom. The molecule has 10 nitrogen and oxygen atoms in total. The zero-order valence-electron chi connectivity index (χ0n) is 23.4. The van der Waals surface area contributed by atoms with Gasteiger partial charge in [0, 0.05) is 48.2 Å². The number of likely N-dealkylation sites (N-methyl/N-ethyl adjacent to an activating group) is 2. The lowest BCUT2D eigenvalue weighted by molar-refractivity contribution is -0.137. The standard InChI is InChI=1S/C27H34ClF3N8O2/c1-16-20(13-34-36-16)22(32)15-39(33)24-11-17(6-7-21(24)28)26(40)35-23-12-19(27(29,30)31)10-18(25(23)41-5)14-38(4)9-8-37(2)3/h6-7,10-13,15H,8-9,14,32-33H2,1-5H3,(H,34,36)(H,35,40)/b22-15-. The van der Waals surface area contributed by atoms with Gasteiger partial charge in [-0.3, -0.25) is 14.9 Å². The quantitative estimate of drug-likeness (QED) is 0.191. The van der Waals surface area contributed by atoms with Gasteiger partial charge in [-0.15, -0.1) is 0 Å². The van der Waals surface area contributed by atoms with Crippen LogP contribution in [-0.2, 0) is 12.7 Å². The Bertz CT molecular complexity index is 1410. The fraction of sp³-hybridized carbons (Fsp3) is 0.333. The molecule has 0 aliphatic heterocycles. The summed E-state index contributed by atoms with van der Waals surface area (Å²) in [5.74, 6) is 5.61. The minimum atomic E-state index is -4.64. The molecule has 1 aromatic heterocycles. The number of hydrogen-bond acceptors (Lipinski definition) is 8. The maximum atomic E-state index is 13.8. The molecule has 0 unspecified atom stereocenters. The minimum Gasteiger partial charge on any atom is -0.494 e. The lowest BCUT2D eigenvalue weighted by Gasteiger charge is -2.23. The van der Waals surface area contributed by atoms with E-state index in [1.165, 1.54) is 37.7 Å². The highest BCUT2D eigenvalue weighted by atomic mass is 35.5. The molecule has 1 amide bonds. The Labute approximate surface area is 241 Å². The van der Waals surface area contributed by atoms with Gasteiger partial charge in [0.2, 0.25) is 0 Å². The number of anilines is 2. The smallest absolute Gasteiger partial charge is 0.416 e. The van der Waals surface area contributed by atoms with Gasteiger partial charge in [-0.2, -0.15) is 18.3 Å². The van der Waals surface area contributed by atoms with Crippen LogP contribution >= 0.6 is 11.6 Å². The predicted molar refractivity (Wildman–Crippen MR) is 154 cm³/mol. The van der Waals surface area contributed by atoms with Crippen LogP contribution in [0.4, 0.5) is 24.5 Å². The summed E-state index contributed by atoms with van der Waals surface area (Å²) in [7, 11) is 6.95. The Balaban J connectivity index is 1.94. The normalized spacial score (nSPS) is 12.2. The van der Waals surface area contributed by atoms with Crippen molar-refractivity contribution in [3.63, 3.8) is 0 Å². The number of alkyl halides is 3. The molecule has 3 aromatic rings. The molecule has 0 spiro atoms. The third-order valence-electron chi connectivity index (χ3n) is 6.22. The number of rotatable bonds is 11. The second-order valence-electron chi connectivity index (χ2n) is 9.78. The number of nitrogens with zero attached hydrogens (tertiary/aromatic N) is 4. The zero-order valence-corrected chi connectivity index (χ0v) is 24.2. The average molecular weight is 595 g/mol. The molecule has 0 bridgehead atoms. The minimum absolute atomic E-state index is 0.0930. The third kappa shape index (κ3) is 8.13. The van der Waals surface area contributed by atoms with Gasteiger partial charge in [0.25, 0.3) is 5.91 Å². The molecule has 0 saturated carbocycles. The molecular formula is C27H34ClF3N8O2. The molecule has 6 N–H and O–H groups in total. The van der Waals surface area contributed by atoms with Gasteiger partial charge in [0.1, 0.15) is 5.75 Å². The van der Waals surface area contributed by atoms with Crippen molar-refractivity contribution in [3.05, 3.63) is 75.7 Å². The summed E-state index contributed by atoms with van der Waals surface area (Å²) < 4.78 is 46.9.